The van der Waals surface area contributed by atoms with Gasteiger partial charge in [-0.2, -0.15) is 0 Å². The normalized spacial score (nSPS) is 21.9. The van der Waals surface area contributed by atoms with Crippen LogP contribution in [0.15, 0.2) is 29.2 Å². The van der Waals surface area contributed by atoms with Crippen molar-refractivity contribution in [2.45, 2.75) is 49.5 Å². The monoisotopic (exact) mass is 366 g/mol. The highest BCUT2D eigenvalue weighted by Gasteiger charge is 2.25. The van der Waals surface area contributed by atoms with Crippen LogP contribution in [0.25, 0.3) is 0 Å². The molecular weight excluding hydrogens is 340 g/mol. The highest BCUT2D eigenvalue weighted by atomic mass is 32.2. The van der Waals surface area contributed by atoms with E-state index in [2.05, 4.69) is 0 Å². The quantitative estimate of drug-likeness (QED) is 0.775. The van der Waals surface area contributed by atoms with E-state index in [1.807, 2.05) is 0 Å². The van der Waals surface area contributed by atoms with E-state index in [0.29, 0.717) is 19.5 Å². The van der Waals surface area contributed by atoms with Gasteiger partial charge >= 0.3 is 0 Å². The van der Waals surface area contributed by atoms with Crippen molar-refractivity contribution in [2.24, 2.45) is 0 Å². The summed E-state index contributed by atoms with van der Waals surface area (Å²) in [6.45, 7) is 1.92. The summed E-state index contributed by atoms with van der Waals surface area (Å²) in [6, 6.07) is 6.61. The van der Waals surface area contributed by atoms with Crippen LogP contribution in [0.4, 0.5) is 5.69 Å². The smallest absolute Gasteiger partial charge is 0.242 e. The molecule has 1 unspecified atom stereocenters. The molecule has 1 aromatic rings. The van der Waals surface area contributed by atoms with Gasteiger partial charge < -0.3 is 9.64 Å². The zero-order chi connectivity index (χ0) is 17.9. The molecule has 0 spiro atoms. The van der Waals surface area contributed by atoms with Crippen molar-refractivity contribution < 1.29 is 17.9 Å². The van der Waals surface area contributed by atoms with Crippen LogP contribution >= 0.6 is 0 Å². The Labute approximate surface area is 149 Å². The average Bonchev–Trinajstić information content (AvgIpc) is 3.06. The standard InChI is InChI=1S/C18H26N2O4S/c1-19(13-11-16-5-2-3-14-24-16)25(22,23)17-9-7-15(8-10-17)20-12-4-6-18(20)21/h7-10,16H,2-6,11-14H2,1H3. The second-order valence-corrected chi connectivity index (χ2v) is 8.79. The van der Waals surface area contributed by atoms with E-state index in [9.17, 15) is 13.2 Å². The van der Waals surface area contributed by atoms with Gasteiger partial charge in [0.05, 0.1) is 11.0 Å². The molecular formula is C18H26N2O4S. The first-order chi connectivity index (χ1) is 12.0. The molecule has 138 valence electrons. The lowest BCUT2D eigenvalue weighted by Crippen LogP contribution is -2.31. The van der Waals surface area contributed by atoms with Gasteiger partial charge in [0.2, 0.25) is 15.9 Å². The van der Waals surface area contributed by atoms with Crippen LogP contribution in [-0.2, 0) is 19.6 Å². The molecule has 2 saturated heterocycles. The average molecular weight is 366 g/mol. The first kappa shape index (κ1) is 18.4. The minimum Gasteiger partial charge on any atom is -0.378 e. The van der Waals surface area contributed by atoms with Crippen molar-refractivity contribution in [3.8, 4) is 0 Å². The summed E-state index contributed by atoms with van der Waals surface area (Å²) in [5.74, 6) is 0.0974. The predicted molar refractivity (Wildman–Crippen MR) is 96.1 cm³/mol. The highest BCUT2D eigenvalue weighted by Crippen LogP contribution is 2.24. The van der Waals surface area contributed by atoms with Crippen molar-refractivity contribution >= 4 is 21.6 Å². The third-order valence-electron chi connectivity index (χ3n) is 4.97. The lowest BCUT2D eigenvalue weighted by molar-refractivity contribution is -0.117. The highest BCUT2D eigenvalue weighted by molar-refractivity contribution is 7.89. The van der Waals surface area contributed by atoms with Crippen LogP contribution in [-0.4, -0.2) is 51.5 Å². The van der Waals surface area contributed by atoms with E-state index < -0.39 is 10.0 Å². The Morgan fingerprint density at radius 3 is 2.56 bits per heavy atom. The number of anilines is 1. The molecule has 25 heavy (non-hydrogen) atoms. The van der Waals surface area contributed by atoms with Gasteiger partial charge in [0.1, 0.15) is 0 Å². The van der Waals surface area contributed by atoms with Crippen LogP contribution in [0, 0.1) is 0 Å². The number of benzene rings is 1. The second kappa shape index (κ2) is 7.85. The molecule has 1 aromatic carbocycles. The molecule has 2 aliphatic heterocycles. The van der Waals surface area contributed by atoms with Crippen molar-refractivity contribution in [2.75, 3.05) is 31.6 Å². The van der Waals surface area contributed by atoms with Crippen LogP contribution in [0.1, 0.15) is 38.5 Å². The van der Waals surface area contributed by atoms with Gasteiger partial charge in [-0.05, 0) is 56.4 Å². The fourth-order valence-electron chi connectivity index (χ4n) is 3.38. The molecule has 7 heteroatoms. The molecule has 6 nitrogen and oxygen atoms in total. The number of ether oxygens (including phenoxy) is 1. The molecule has 0 saturated carbocycles. The van der Waals surface area contributed by atoms with Crippen molar-refractivity contribution in [3.63, 3.8) is 0 Å². The van der Waals surface area contributed by atoms with Gasteiger partial charge in [0.25, 0.3) is 0 Å². The summed E-state index contributed by atoms with van der Waals surface area (Å²) < 4.78 is 32.5. The summed E-state index contributed by atoms with van der Waals surface area (Å²) >= 11 is 0. The predicted octanol–water partition coefficient (Wildman–Crippen LogP) is 2.39. The fourth-order valence-corrected chi connectivity index (χ4v) is 4.57. The van der Waals surface area contributed by atoms with Gasteiger partial charge in [-0.3, -0.25) is 4.79 Å². The Morgan fingerprint density at radius 2 is 1.96 bits per heavy atom. The van der Waals surface area contributed by atoms with Crippen LogP contribution in [0.2, 0.25) is 0 Å². The first-order valence-electron chi connectivity index (χ1n) is 8.97. The molecule has 2 aliphatic rings. The number of sulfonamides is 1. The topological polar surface area (TPSA) is 66.9 Å². The Bertz CT molecular complexity index is 696. The number of amides is 1. The van der Waals surface area contributed by atoms with Crippen LogP contribution in [0.5, 0.6) is 0 Å². The van der Waals surface area contributed by atoms with Crippen molar-refractivity contribution in [1.82, 2.24) is 4.31 Å². The van der Waals surface area contributed by atoms with Crippen LogP contribution in [0.3, 0.4) is 0 Å². The molecule has 0 aliphatic carbocycles. The third-order valence-corrected chi connectivity index (χ3v) is 6.84. The zero-order valence-corrected chi connectivity index (χ0v) is 15.5. The van der Waals surface area contributed by atoms with E-state index in [4.69, 9.17) is 4.74 Å². The SMILES string of the molecule is CN(CCC1CCCCO1)S(=O)(=O)c1ccc(N2CCCC2=O)cc1. The van der Waals surface area contributed by atoms with Crippen molar-refractivity contribution in [1.29, 1.82) is 0 Å². The number of hydrogen-bond donors (Lipinski definition) is 0. The summed E-state index contributed by atoms with van der Waals surface area (Å²) in [5, 5.41) is 0. The molecule has 0 bridgehead atoms. The van der Waals surface area contributed by atoms with Gasteiger partial charge in [-0.1, -0.05) is 0 Å². The molecule has 0 N–H and O–H groups in total. The lowest BCUT2D eigenvalue weighted by Gasteiger charge is -2.25. The number of nitrogens with zero attached hydrogens (tertiary/aromatic N) is 2. The largest absolute Gasteiger partial charge is 0.378 e. The van der Waals surface area contributed by atoms with E-state index >= 15 is 0 Å². The van der Waals surface area contributed by atoms with Crippen LogP contribution < -0.4 is 4.90 Å². The second-order valence-electron chi connectivity index (χ2n) is 6.75. The maximum absolute atomic E-state index is 12.7. The summed E-state index contributed by atoms with van der Waals surface area (Å²) in [5.41, 5.74) is 0.764. The third kappa shape index (κ3) is 4.22. The molecule has 0 radical (unpaired) electrons. The molecule has 2 heterocycles. The number of hydrogen-bond acceptors (Lipinski definition) is 4. The molecule has 3 rings (SSSR count). The van der Waals surface area contributed by atoms with E-state index in [0.717, 1.165) is 44.4 Å². The molecule has 1 atom stereocenters. The summed E-state index contributed by atoms with van der Waals surface area (Å²) in [4.78, 5) is 13.8. The van der Waals surface area contributed by atoms with Gasteiger partial charge in [0, 0.05) is 38.9 Å². The van der Waals surface area contributed by atoms with E-state index in [1.165, 1.54) is 4.31 Å². The summed E-state index contributed by atoms with van der Waals surface area (Å²) in [7, 11) is -1.91. The maximum atomic E-state index is 12.7. The summed E-state index contributed by atoms with van der Waals surface area (Å²) in [6.07, 6.45) is 5.54. The molecule has 2 fully saturated rings. The molecule has 0 aromatic heterocycles. The van der Waals surface area contributed by atoms with Gasteiger partial charge in [0.15, 0.2) is 0 Å². The Hall–Kier alpha value is -1.44. The van der Waals surface area contributed by atoms with E-state index in [1.54, 1.807) is 36.2 Å². The number of carbonyl (C=O) groups is 1. The lowest BCUT2D eigenvalue weighted by atomic mass is 10.1. The fraction of sp³-hybridized carbons (Fsp3) is 0.611. The number of carbonyl (C=O) groups excluding carboxylic acids is 1. The van der Waals surface area contributed by atoms with Crippen molar-refractivity contribution in [3.05, 3.63) is 24.3 Å². The Balaban J connectivity index is 1.63. The Morgan fingerprint density at radius 1 is 1.20 bits per heavy atom. The van der Waals surface area contributed by atoms with Gasteiger partial charge in [-0.25, -0.2) is 12.7 Å². The Kier molecular flexibility index (Phi) is 5.76. The molecule has 1 amide bonds. The first-order valence-corrected chi connectivity index (χ1v) is 10.4. The van der Waals surface area contributed by atoms with E-state index in [-0.39, 0.29) is 16.9 Å². The minimum absolute atomic E-state index is 0.0974. The van der Waals surface area contributed by atoms with Gasteiger partial charge in [-0.15, -0.1) is 0 Å². The zero-order valence-electron chi connectivity index (χ0n) is 14.7. The minimum atomic E-state index is -3.52. The maximum Gasteiger partial charge on any atom is 0.242 e. The number of rotatable bonds is 6.